The zero-order valence-electron chi connectivity index (χ0n) is 20.3. The summed E-state index contributed by atoms with van der Waals surface area (Å²) in [6.45, 7) is 8.99. The number of hydrogen-bond donors (Lipinski definition) is 2. The van der Waals surface area contributed by atoms with Crippen LogP contribution in [-0.4, -0.2) is 37.2 Å². The van der Waals surface area contributed by atoms with Gasteiger partial charge in [0.05, 0.1) is 22.9 Å². The van der Waals surface area contributed by atoms with Crippen molar-refractivity contribution in [3.8, 4) is 11.5 Å². The minimum absolute atomic E-state index is 0.123. The van der Waals surface area contributed by atoms with Crippen molar-refractivity contribution in [3.63, 3.8) is 0 Å². The molecule has 0 saturated heterocycles. The minimum atomic E-state index is -0.762. The van der Waals surface area contributed by atoms with Gasteiger partial charge in [0.15, 0.2) is 11.5 Å². The molecular formula is C26H28FN7O. The van der Waals surface area contributed by atoms with E-state index in [1.165, 1.54) is 6.07 Å². The predicted octanol–water partition coefficient (Wildman–Crippen LogP) is 4.76. The molecule has 0 aliphatic carbocycles. The molecule has 1 amide bonds. The fourth-order valence-corrected chi connectivity index (χ4v) is 4.31. The Hall–Kier alpha value is -3.88. The molecule has 5 rings (SSSR count). The van der Waals surface area contributed by atoms with E-state index in [0.29, 0.717) is 40.3 Å². The van der Waals surface area contributed by atoms with Crippen molar-refractivity contribution in [1.29, 1.82) is 0 Å². The number of amides is 1. The van der Waals surface area contributed by atoms with Gasteiger partial charge < -0.3 is 10.6 Å². The quantitative estimate of drug-likeness (QED) is 0.402. The van der Waals surface area contributed by atoms with Gasteiger partial charge in [-0.2, -0.15) is 5.10 Å². The highest BCUT2D eigenvalue weighted by atomic mass is 19.1. The summed E-state index contributed by atoms with van der Waals surface area (Å²) in [6.07, 6.45) is 2.64. The van der Waals surface area contributed by atoms with Crippen molar-refractivity contribution < 1.29 is 9.18 Å². The number of pyridine rings is 1. The van der Waals surface area contributed by atoms with Crippen LogP contribution in [0.15, 0.2) is 42.6 Å². The van der Waals surface area contributed by atoms with Crippen LogP contribution in [0.3, 0.4) is 0 Å². The summed E-state index contributed by atoms with van der Waals surface area (Å²) < 4.78 is 16.0. The first-order chi connectivity index (χ1) is 16.8. The van der Waals surface area contributed by atoms with Gasteiger partial charge in [0.1, 0.15) is 23.1 Å². The lowest BCUT2D eigenvalue weighted by Gasteiger charge is -2.19. The highest BCUT2D eigenvalue weighted by Gasteiger charge is 2.43. The number of aromatic nitrogens is 5. The van der Waals surface area contributed by atoms with E-state index in [1.54, 1.807) is 29.1 Å². The monoisotopic (exact) mass is 473 g/mol. The molecule has 9 heteroatoms. The molecule has 1 aromatic carbocycles. The maximum absolute atomic E-state index is 14.4. The van der Waals surface area contributed by atoms with Gasteiger partial charge in [-0.3, -0.25) is 4.79 Å². The van der Waals surface area contributed by atoms with E-state index in [2.05, 4.69) is 29.5 Å². The molecule has 0 fully saturated rings. The first-order valence-electron chi connectivity index (χ1n) is 11.8. The molecule has 0 unspecified atom stereocenters. The Morgan fingerprint density at radius 1 is 1.14 bits per heavy atom. The van der Waals surface area contributed by atoms with Gasteiger partial charge in [0.25, 0.3) is 0 Å². The number of benzene rings is 1. The van der Waals surface area contributed by atoms with E-state index in [0.717, 1.165) is 23.9 Å². The molecule has 2 N–H and O–H groups in total. The molecular weight excluding hydrogens is 445 g/mol. The van der Waals surface area contributed by atoms with Crippen LogP contribution in [0.25, 0.3) is 22.6 Å². The van der Waals surface area contributed by atoms with Gasteiger partial charge in [0, 0.05) is 18.3 Å². The van der Waals surface area contributed by atoms with Crippen molar-refractivity contribution in [2.75, 3.05) is 17.2 Å². The SMILES string of the molecule is CC(C)CCNc1nc(-c2nn(Cc3ccccc3F)c3ncccc23)nc2c1C(C)(C)C(=O)N2. The number of anilines is 2. The molecule has 0 atom stereocenters. The van der Waals surface area contributed by atoms with Gasteiger partial charge in [-0.15, -0.1) is 0 Å². The Bertz CT molecular complexity index is 1430. The summed E-state index contributed by atoms with van der Waals surface area (Å²) in [7, 11) is 0. The number of nitrogens with zero attached hydrogens (tertiary/aromatic N) is 5. The normalized spacial score (nSPS) is 14.4. The number of rotatable bonds is 7. The largest absolute Gasteiger partial charge is 0.370 e. The predicted molar refractivity (Wildman–Crippen MR) is 134 cm³/mol. The maximum atomic E-state index is 14.4. The third-order valence-corrected chi connectivity index (χ3v) is 6.34. The van der Waals surface area contributed by atoms with Crippen molar-refractivity contribution in [2.24, 2.45) is 5.92 Å². The van der Waals surface area contributed by atoms with Gasteiger partial charge >= 0.3 is 0 Å². The van der Waals surface area contributed by atoms with Crippen LogP contribution < -0.4 is 10.6 Å². The molecule has 0 bridgehead atoms. The molecule has 3 aromatic heterocycles. The van der Waals surface area contributed by atoms with Crippen LogP contribution in [0.1, 0.15) is 45.2 Å². The van der Waals surface area contributed by atoms with Crippen LogP contribution in [0.2, 0.25) is 0 Å². The Morgan fingerprint density at radius 3 is 2.71 bits per heavy atom. The van der Waals surface area contributed by atoms with E-state index < -0.39 is 5.41 Å². The van der Waals surface area contributed by atoms with E-state index in [9.17, 15) is 9.18 Å². The third-order valence-electron chi connectivity index (χ3n) is 6.34. The summed E-state index contributed by atoms with van der Waals surface area (Å²) in [5, 5.41) is 11.8. The van der Waals surface area contributed by atoms with Gasteiger partial charge in [-0.05, 0) is 44.4 Å². The van der Waals surface area contributed by atoms with Gasteiger partial charge in [0.2, 0.25) is 5.91 Å². The lowest BCUT2D eigenvalue weighted by Crippen LogP contribution is -2.28. The Labute approximate surface area is 203 Å². The van der Waals surface area contributed by atoms with E-state index in [-0.39, 0.29) is 18.3 Å². The van der Waals surface area contributed by atoms with Crippen molar-refractivity contribution in [2.45, 2.75) is 46.1 Å². The highest BCUT2D eigenvalue weighted by molar-refractivity contribution is 6.06. The molecule has 180 valence electrons. The summed E-state index contributed by atoms with van der Waals surface area (Å²) in [5.74, 6) is 1.58. The van der Waals surface area contributed by atoms with Crippen LogP contribution in [0.5, 0.6) is 0 Å². The summed E-state index contributed by atoms with van der Waals surface area (Å²) in [4.78, 5) is 26.7. The number of nitrogens with one attached hydrogen (secondary N) is 2. The summed E-state index contributed by atoms with van der Waals surface area (Å²) in [5.41, 5.74) is 1.63. The van der Waals surface area contributed by atoms with Crippen LogP contribution in [0, 0.1) is 11.7 Å². The summed E-state index contributed by atoms with van der Waals surface area (Å²) >= 11 is 0. The lowest BCUT2D eigenvalue weighted by atomic mass is 9.87. The fraction of sp³-hybridized carbons (Fsp3) is 0.346. The zero-order chi connectivity index (χ0) is 24.7. The first-order valence-corrected chi connectivity index (χ1v) is 11.8. The summed E-state index contributed by atoms with van der Waals surface area (Å²) in [6, 6.07) is 10.3. The zero-order valence-corrected chi connectivity index (χ0v) is 20.3. The minimum Gasteiger partial charge on any atom is -0.370 e. The average molecular weight is 474 g/mol. The molecule has 0 saturated carbocycles. The van der Waals surface area contributed by atoms with E-state index in [1.807, 2.05) is 26.0 Å². The third kappa shape index (κ3) is 4.11. The van der Waals surface area contributed by atoms with E-state index in [4.69, 9.17) is 15.1 Å². The molecule has 8 nitrogen and oxygen atoms in total. The molecule has 1 aliphatic heterocycles. The maximum Gasteiger partial charge on any atom is 0.235 e. The van der Waals surface area contributed by atoms with Crippen molar-refractivity contribution >= 4 is 28.6 Å². The number of hydrogen-bond acceptors (Lipinski definition) is 6. The molecule has 0 spiro atoms. The lowest BCUT2D eigenvalue weighted by molar-refractivity contribution is -0.119. The molecule has 4 heterocycles. The second kappa shape index (κ2) is 8.72. The Balaban J connectivity index is 1.63. The van der Waals surface area contributed by atoms with E-state index >= 15 is 0 Å². The van der Waals surface area contributed by atoms with Crippen LogP contribution >= 0.6 is 0 Å². The number of fused-ring (bicyclic) bond motifs is 2. The Morgan fingerprint density at radius 2 is 1.94 bits per heavy atom. The van der Waals surface area contributed by atoms with Gasteiger partial charge in [-0.1, -0.05) is 32.0 Å². The number of carbonyl (C=O) groups excluding carboxylic acids is 1. The van der Waals surface area contributed by atoms with Crippen LogP contribution in [-0.2, 0) is 16.8 Å². The average Bonchev–Trinajstić information content (AvgIpc) is 3.29. The first kappa shape index (κ1) is 22.9. The highest BCUT2D eigenvalue weighted by Crippen LogP contribution is 2.41. The van der Waals surface area contributed by atoms with Crippen LogP contribution in [0.4, 0.5) is 16.0 Å². The number of carbonyl (C=O) groups is 1. The second-order valence-corrected chi connectivity index (χ2v) is 9.78. The van der Waals surface area contributed by atoms with Crippen molar-refractivity contribution in [1.82, 2.24) is 24.7 Å². The topological polar surface area (TPSA) is 97.6 Å². The Kier molecular flexibility index (Phi) is 5.70. The molecule has 4 aromatic rings. The second-order valence-electron chi connectivity index (χ2n) is 9.78. The molecule has 0 radical (unpaired) electrons. The van der Waals surface area contributed by atoms with Gasteiger partial charge in [-0.25, -0.2) is 24.0 Å². The van der Waals surface area contributed by atoms with Crippen molar-refractivity contribution in [3.05, 3.63) is 59.5 Å². The fourth-order valence-electron chi connectivity index (χ4n) is 4.31. The smallest absolute Gasteiger partial charge is 0.235 e. The molecule has 35 heavy (non-hydrogen) atoms. The number of halogens is 1. The molecule has 1 aliphatic rings. The standard InChI is InChI=1S/C26H28FN7O/c1-15(2)11-13-28-21-19-22(32-25(35)26(19,3)4)31-23(30-21)20-17-9-7-12-29-24(17)34(33-20)14-16-8-5-6-10-18(16)27/h5-10,12,15H,11,13-14H2,1-4H3,(H2,28,30,31,32,35).